The highest BCUT2D eigenvalue weighted by Gasteiger charge is 2.29. The number of nitro benzene ring substituents is 1. The fraction of sp³-hybridized carbons (Fsp3) is 0.562. The first-order valence-corrected chi connectivity index (χ1v) is 8.76. The monoisotopic (exact) mass is 322 g/mol. The fourth-order valence-electron chi connectivity index (χ4n) is 2.96. The Kier molecular flexibility index (Phi) is 5.45. The van der Waals surface area contributed by atoms with Gasteiger partial charge in [-0.05, 0) is 50.0 Å². The minimum atomic E-state index is -0.478. The van der Waals surface area contributed by atoms with Gasteiger partial charge in [-0.25, -0.2) is 0 Å². The average molecular weight is 322 g/mol. The maximum absolute atomic E-state index is 12.7. The maximum atomic E-state index is 12.7. The minimum Gasteiger partial charge on any atom is -0.339 e. The standard InChI is InChI=1S/C16H22N2O3S/c1-11-4-6-12(7-5-11)17(2)16(19)14-10-13(22-3)8-9-15(14)18(20)21/h8-12H,4-7H2,1-3H3. The molecule has 0 aliphatic heterocycles. The van der Waals surface area contributed by atoms with Gasteiger partial charge in [-0.2, -0.15) is 0 Å². The number of carbonyl (C=O) groups is 1. The zero-order chi connectivity index (χ0) is 16.3. The molecule has 0 radical (unpaired) electrons. The first-order valence-electron chi connectivity index (χ1n) is 7.53. The zero-order valence-electron chi connectivity index (χ0n) is 13.2. The average Bonchev–Trinajstić information content (AvgIpc) is 2.53. The van der Waals surface area contributed by atoms with E-state index >= 15 is 0 Å². The number of nitro groups is 1. The van der Waals surface area contributed by atoms with E-state index in [0.29, 0.717) is 5.92 Å². The largest absolute Gasteiger partial charge is 0.339 e. The molecule has 1 fully saturated rings. The molecule has 0 spiro atoms. The van der Waals surface area contributed by atoms with Crippen molar-refractivity contribution in [3.63, 3.8) is 0 Å². The second kappa shape index (κ2) is 7.13. The molecule has 22 heavy (non-hydrogen) atoms. The van der Waals surface area contributed by atoms with Crippen molar-refractivity contribution in [2.75, 3.05) is 13.3 Å². The molecule has 1 aromatic carbocycles. The van der Waals surface area contributed by atoms with Gasteiger partial charge in [0.2, 0.25) is 0 Å². The number of carbonyl (C=O) groups excluding carboxylic acids is 1. The van der Waals surface area contributed by atoms with Crippen LogP contribution in [0.15, 0.2) is 23.1 Å². The second-order valence-corrected chi connectivity index (χ2v) is 6.85. The van der Waals surface area contributed by atoms with Gasteiger partial charge in [0, 0.05) is 24.1 Å². The SMILES string of the molecule is CSc1ccc([N+](=O)[O-])c(C(=O)N(C)C2CCC(C)CC2)c1. The van der Waals surface area contributed by atoms with Crippen molar-refractivity contribution in [2.45, 2.75) is 43.5 Å². The first kappa shape index (κ1) is 16.8. The highest BCUT2D eigenvalue weighted by atomic mass is 32.2. The third kappa shape index (κ3) is 3.61. The highest BCUT2D eigenvalue weighted by Crippen LogP contribution is 2.30. The highest BCUT2D eigenvalue weighted by molar-refractivity contribution is 7.98. The van der Waals surface area contributed by atoms with Crippen molar-refractivity contribution in [3.8, 4) is 0 Å². The van der Waals surface area contributed by atoms with Gasteiger partial charge >= 0.3 is 0 Å². The van der Waals surface area contributed by atoms with Crippen LogP contribution in [-0.2, 0) is 0 Å². The zero-order valence-corrected chi connectivity index (χ0v) is 14.1. The molecule has 2 rings (SSSR count). The molecular formula is C16H22N2O3S. The van der Waals surface area contributed by atoms with E-state index in [0.717, 1.165) is 30.6 Å². The summed E-state index contributed by atoms with van der Waals surface area (Å²) in [6.45, 7) is 2.23. The van der Waals surface area contributed by atoms with Crippen LogP contribution in [0.2, 0.25) is 0 Å². The fourth-order valence-corrected chi connectivity index (χ4v) is 3.40. The molecule has 0 saturated heterocycles. The molecule has 1 aliphatic carbocycles. The molecule has 0 heterocycles. The summed E-state index contributed by atoms with van der Waals surface area (Å²) in [6.07, 6.45) is 6.05. The van der Waals surface area contributed by atoms with Crippen LogP contribution in [-0.4, -0.2) is 35.1 Å². The number of hydrogen-bond acceptors (Lipinski definition) is 4. The molecule has 5 nitrogen and oxygen atoms in total. The third-order valence-corrected chi connectivity index (χ3v) is 5.21. The summed E-state index contributed by atoms with van der Waals surface area (Å²) in [5.74, 6) is 0.455. The minimum absolute atomic E-state index is 0.112. The lowest BCUT2D eigenvalue weighted by Crippen LogP contribution is -2.39. The Balaban J connectivity index is 2.25. The Morgan fingerprint density at radius 3 is 2.50 bits per heavy atom. The molecule has 0 bridgehead atoms. The molecule has 0 aromatic heterocycles. The lowest BCUT2D eigenvalue weighted by Gasteiger charge is -2.33. The van der Waals surface area contributed by atoms with Gasteiger partial charge in [-0.3, -0.25) is 14.9 Å². The van der Waals surface area contributed by atoms with E-state index in [9.17, 15) is 14.9 Å². The Morgan fingerprint density at radius 1 is 1.32 bits per heavy atom. The molecule has 120 valence electrons. The summed E-state index contributed by atoms with van der Waals surface area (Å²) in [5, 5.41) is 11.2. The van der Waals surface area contributed by atoms with E-state index in [2.05, 4.69) is 6.92 Å². The summed E-state index contributed by atoms with van der Waals surface area (Å²) in [5.41, 5.74) is 0.0804. The van der Waals surface area contributed by atoms with Gasteiger partial charge in [0.25, 0.3) is 11.6 Å². The number of rotatable bonds is 4. The van der Waals surface area contributed by atoms with Gasteiger partial charge in [0.05, 0.1) is 4.92 Å². The molecule has 1 saturated carbocycles. The van der Waals surface area contributed by atoms with Crippen molar-refractivity contribution < 1.29 is 9.72 Å². The van der Waals surface area contributed by atoms with Gasteiger partial charge < -0.3 is 4.90 Å². The number of thioether (sulfide) groups is 1. The molecule has 0 unspecified atom stereocenters. The smallest absolute Gasteiger partial charge is 0.282 e. The summed E-state index contributed by atoms with van der Waals surface area (Å²) in [7, 11) is 1.76. The van der Waals surface area contributed by atoms with E-state index in [1.807, 2.05) is 6.26 Å². The summed E-state index contributed by atoms with van der Waals surface area (Å²) in [6, 6.07) is 4.92. The van der Waals surface area contributed by atoms with Crippen LogP contribution < -0.4 is 0 Å². The van der Waals surface area contributed by atoms with Crippen LogP contribution >= 0.6 is 11.8 Å². The first-order chi connectivity index (χ1) is 10.4. The van der Waals surface area contributed by atoms with Crippen LogP contribution in [0.5, 0.6) is 0 Å². The van der Waals surface area contributed by atoms with Crippen molar-refractivity contribution >= 4 is 23.4 Å². The molecule has 6 heteroatoms. The Morgan fingerprint density at radius 2 is 1.95 bits per heavy atom. The number of benzene rings is 1. The molecule has 0 atom stereocenters. The van der Waals surface area contributed by atoms with Gasteiger partial charge in [-0.15, -0.1) is 11.8 Å². The topological polar surface area (TPSA) is 63.5 Å². The van der Waals surface area contributed by atoms with E-state index in [1.54, 1.807) is 24.1 Å². The number of hydrogen-bond donors (Lipinski definition) is 0. The Labute approximate surface area is 135 Å². The third-order valence-electron chi connectivity index (χ3n) is 4.48. The molecule has 1 aromatic rings. The lowest BCUT2D eigenvalue weighted by atomic mass is 9.86. The lowest BCUT2D eigenvalue weighted by molar-refractivity contribution is -0.385. The maximum Gasteiger partial charge on any atom is 0.282 e. The Bertz CT molecular complexity index is 569. The van der Waals surface area contributed by atoms with Crippen LogP contribution in [0.3, 0.4) is 0 Å². The molecule has 1 amide bonds. The van der Waals surface area contributed by atoms with Crippen molar-refractivity contribution in [2.24, 2.45) is 5.92 Å². The molecule has 0 N–H and O–H groups in total. The number of nitrogens with zero attached hydrogens (tertiary/aromatic N) is 2. The Hall–Kier alpha value is -1.56. The normalized spacial score (nSPS) is 21.4. The van der Waals surface area contributed by atoms with Gasteiger partial charge in [0.15, 0.2) is 0 Å². The van der Waals surface area contributed by atoms with Crippen LogP contribution in [0.25, 0.3) is 0 Å². The predicted octanol–water partition coefficient (Wildman–Crippen LogP) is 3.97. The summed E-state index contributed by atoms with van der Waals surface area (Å²) >= 11 is 1.48. The predicted molar refractivity (Wildman–Crippen MR) is 88.4 cm³/mol. The van der Waals surface area contributed by atoms with Crippen molar-refractivity contribution in [1.29, 1.82) is 0 Å². The van der Waals surface area contributed by atoms with E-state index < -0.39 is 4.92 Å². The second-order valence-electron chi connectivity index (χ2n) is 5.97. The van der Waals surface area contributed by atoms with Crippen LogP contribution in [0.4, 0.5) is 5.69 Å². The number of amides is 1. The van der Waals surface area contributed by atoms with E-state index in [1.165, 1.54) is 17.8 Å². The quantitative estimate of drug-likeness (QED) is 0.478. The molecular weight excluding hydrogens is 300 g/mol. The summed E-state index contributed by atoms with van der Waals surface area (Å²) in [4.78, 5) is 26.0. The van der Waals surface area contributed by atoms with Crippen molar-refractivity contribution in [3.05, 3.63) is 33.9 Å². The van der Waals surface area contributed by atoms with Crippen molar-refractivity contribution in [1.82, 2.24) is 4.90 Å². The molecule has 1 aliphatic rings. The van der Waals surface area contributed by atoms with E-state index in [4.69, 9.17) is 0 Å². The van der Waals surface area contributed by atoms with Crippen LogP contribution in [0.1, 0.15) is 43.0 Å². The van der Waals surface area contributed by atoms with Gasteiger partial charge in [0.1, 0.15) is 5.56 Å². The van der Waals surface area contributed by atoms with E-state index in [-0.39, 0.29) is 23.2 Å². The summed E-state index contributed by atoms with van der Waals surface area (Å²) < 4.78 is 0. The van der Waals surface area contributed by atoms with Gasteiger partial charge in [-0.1, -0.05) is 6.92 Å². The van der Waals surface area contributed by atoms with Crippen LogP contribution in [0, 0.1) is 16.0 Å².